The summed E-state index contributed by atoms with van der Waals surface area (Å²) in [7, 11) is 0. The summed E-state index contributed by atoms with van der Waals surface area (Å²) < 4.78 is 3.31. The Labute approximate surface area is 101 Å². The smallest absolute Gasteiger partial charge is 0.151 e. The van der Waals surface area contributed by atoms with Crippen molar-refractivity contribution in [1.82, 2.24) is 0 Å². The molecule has 66 valence electrons. The minimum Gasteiger partial charge on any atom is -0.298 e. The number of thiophene rings is 1. The van der Waals surface area contributed by atoms with E-state index in [0.29, 0.717) is 5.56 Å². The summed E-state index contributed by atoms with van der Waals surface area (Å²) in [6.07, 6.45) is 0.872. The van der Waals surface area contributed by atoms with Crippen LogP contribution in [-0.4, -0.2) is 6.29 Å². The van der Waals surface area contributed by atoms with Crippen LogP contribution in [0.1, 0.15) is 10.4 Å². The molecule has 0 saturated carbocycles. The molecule has 0 bridgehead atoms. The van der Waals surface area contributed by atoms with Gasteiger partial charge in [0.15, 0.2) is 6.29 Å². The van der Waals surface area contributed by atoms with Crippen molar-refractivity contribution < 1.29 is 4.79 Å². The van der Waals surface area contributed by atoms with Crippen LogP contribution in [0, 0.1) is 3.57 Å². The standard InChI is InChI=1S/C9H4BrIOS/c10-9-5(3-12)1-2-7-8(9)6(11)4-13-7/h1-4H. The van der Waals surface area contributed by atoms with Crippen molar-refractivity contribution in [3.8, 4) is 0 Å². The van der Waals surface area contributed by atoms with E-state index in [0.717, 1.165) is 16.1 Å². The highest BCUT2D eigenvalue weighted by Crippen LogP contribution is 2.34. The molecule has 1 heterocycles. The maximum atomic E-state index is 10.7. The Hall–Kier alpha value is 0.0600. The highest BCUT2D eigenvalue weighted by molar-refractivity contribution is 14.1. The highest BCUT2D eigenvalue weighted by atomic mass is 127. The molecule has 0 radical (unpaired) electrons. The summed E-state index contributed by atoms with van der Waals surface area (Å²) >= 11 is 7.41. The van der Waals surface area contributed by atoms with Crippen molar-refractivity contribution in [2.24, 2.45) is 0 Å². The maximum absolute atomic E-state index is 10.7. The number of fused-ring (bicyclic) bond motifs is 1. The largest absolute Gasteiger partial charge is 0.298 e. The van der Waals surface area contributed by atoms with Crippen molar-refractivity contribution in [2.45, 2.75) is 0 Å². The predicted molar refractivity (Wildman–Crippen MR) is 67.6 cm³/mol. The van der Waals surface area contributed by atoms with Crippen LogP contribution in [0.25, 0.3) is 10.1 Å². The first-order valence-corrected chi connectivity index (χ1v) is 6.29. The molecule has 0 aliphatic rings. The fraction of sp³-hybridized carbons (Fsp3) is 0. The zero-order chi connectivity index (χ0) is 9.42. The molecular formula is C9H4BrIOS. The number of rotatable bonds is 1. The molecule has 0 unspecified atom stereocenters. The van der Waals surface area contributed by atoms with Gasteiger partial charge in [-0.2, -0.15) is 0 Å². The SMILES string of the molecule is O=Cc1ccc2scc(I)c2c1Br. The average Bonchev–Trinajstić information content (AvgIpc) is 2.49. The lowest BCUT2D eigenvalue weighted by atomic mass is 10.2. The summed E-state index contributed by atoms with van der Waals surface area (Å²) in [6.45, 7) is 0. The minimum absolute atomic E-state index is 0.712. The topological polar surface area (TPSA) is 17.1 Å². The molecule has 0 N–H and O–H groups in total. The third-order valence-electron chi connectivity index (χ3n) is 1.79. The van der Waals surface area contributed by atoms with E-state index >= 15 is 0 Å². The minimum atomic E-state index is 0.712. The molecule has 13 heavy (non-hydrogen) atoms. The van der Waals surface area contributed by atoms with E-state index in [4.69, 9.17) is 0 Å². The first-order valence-electron chi connectivity index (χ1n) is 3.54. The van der Waals surface area contributed by atoms with Gasteiger partial charge in [0.25, 0.3) is 0 Å². The highest BCUT2D eigenvalue weighted by Gasteiger charge is 2.08. The van der Waals surface area contributed by atoms with E-state index < -0.39 is 0 Å². The Morgan fingerprint density at radius 1 is 1.46 bits per heavy atom. The number of halogens is 2. The lowest BCUT2D eigenvalue weighted by molar-refractivity contribution is 0.112. The third-order valence-corrected chi connectivity index (χ3v) is 4.86. The van der Waals surface area contributed by atoms with E-state index in [1.54, 1.807) is 11.3 Å². The zero-order valence-corrected chi connectivity index (χ0v) is 10.9. The Kier molecular flexibility index (Phi) is 2.71. The van der Waals surface area contributed by atoms with Gasteiger partial charge >= 0.3 is 0 Å². The van der Waals surface area contributed by atoms with E-state index in [-0.39, 0.29) is 0 Å². The number of carbonyl (C=O) groups excluding carboxylic acids is 1. The van der Waals surface area contributed by atoms with Gasteiger partial charge in [-0.15, -0.1) is 11.3 Å². The fourth-order valence-electron chi connectivity index (χ4n) is 1.16. The lowest BCUT2D eigenvalue weighted by Crippen LogP contribution is -1.82. The number of hydrogen-bond donors (Lipinski definition) is 0. The van der Waals surface area contributed by atoms with Crippen LogP contribution >= 0.6 is 49.9 Å². The van der Waals surface area contributed by atoms with Crippen LogP contribution < -0.4 is 0 Å². The summed E-state index contributed by atoms with van der Waals surface area (Å²) in [5, 5.41) is 3.24. The van der Waals surface area contributed by atoms with Crippen LogP contribution in [-0.2, 0) is 0 Å². The maximum Gasteiger partial charge on any atom is 0.151 e. The van der Waals surface area contributed by atoms with Gasteiger partial charge in [0.1, 0.15) is 0 Å². The van der Waals surface area contributed by atoms with E-state index in [9.17, 15) is 4.79 Å². The van der Waals surface area contributed by atoms with Crippen molar-refractivity contribution in [3.63, 3.8) is 0 Å². The second-order valence-electron chi connectivity index (χ2n) is 2.54. The van der Waals surface area contributed by atoms with Gasteiger partial charge in [-0.1, -0.05) is 0 Å². The van der Waals surface area contributed by atoms with Crippen molar-refractivity contribution in [1.29, 1.82) is 0 Å². The average molecular weight is 367 g/mol. The second-order valence-corrected chi connectivity index (χ2v) is 5.41. The fourth-order valence-corrected chi connectivity index (χ4v) is 4.26. The molecule has 0 fully saturated rings. The monoisotopic (exact) mass is 366 g/mol. The van der Waals surface area contributed by atoms with E-state index in [2.05, 4.69) is 43.9 Å². The van der Waals surface area contributed by atoms with Gasteiger partial charge in [0, 0.05) is 29.1 Å². The summed E-state index contributed by atoms with van der Waals surface area (Å²) in [5.74, 6) is 0. The van der Waals surface area contributed by atoms with Crippen LogP contribution in [0.2, 0.25) is 0 Å². The lowest BCUT2D eigenvalue weighted by Gasteiger charge is -1.98. The summed E-state index contributed by atoms with van der Waals surface area (Å²) in [5.41, 5.74) is 0.712. The van der Waals surface area contributed by atoms with Crippen molar-refractivity contribution in [2.75, 3.05) is 0 Å². The molecule has 0 aliphatic carbocycles. The number of benzene rings is 1. The van der Waals surface area contributed by atoms with Gasteiger partial charge in [0.2, 0.25) is 0 Å². The van der Waals surface area contributed by atoms with E-state index in [1.807, 2.05) is 12.1 Å². The Morgan fingerprint density at radius 3 is 2.92 bits per heavy atom. The predicted octanol–water partition coefficient (Wildman–Crippen LogP) is 4.08. The van der Waals surface area contributed by atoms with Gasteiger partial charge in [-0.25, -0.2) is 0 Å². The summed E-state index contributed by atoms with van der Waals surface area (Å²) in [6, 6.07) is 3.82. The molecule has 2 aromatic rings. The number of carbonyl (C=O) groups is 1. The first kappa shape index (κ1) is 9.61. The number of hydrogen-bond acceptors (Lipinski definition) is 2. The molecule has 0 atom stereocenters. The number of aldehydes is 1. The molecule has 0 saturated heterocycles. The summed E-state index contributed by atoms with van der Waals surface area (Å²) in [4.78, 5) is 10.7. The van der Waals surface area contributed by atoms with E-state index in [1.165, 1.54) is 8.27 Å². The molecule has 0 aliphatic heterocycles. The van der Waals surface area contributed by atoms with Crippen LogP contribution in [0.4, 0.5) is 0 Å². The van der Waals surface area contributed by atoms with Gasteiger partial charge in [0.05, 0.1) is 0 Å². The third kappa shape index (κ3) is 1.55. The molecule has 0 amide bonds. The Balaban J connectivity index is 2.91. The van der Waals surface area contributed by atoms with Crippen molar-refractivity contribution in [3.05, 3.63) is 31.1 Å². The van der Waals surface area contributed by atoms with Crippen molar-refractivity contribution >= 4 is 66.2 Å². The Bertz CT molecular complexity index is 478. The second kappa shape index (κ2) is 3.67. The quantitative estimate of drug-likeness (QED) is 0.549. The van der Waals surface area contributed by atoms with Gasteiger partial charge < -0.3 is 0 Å². The molecule has 1 aromatic carbocycles. The van der Waals surface area contributed by atoms with Crippen LogP contribution in [0.3, 0.4) is 0 Å². The molecule has 1 aromatic heterocycles. The van der Waals surface area contributed by atoms with Gasteiger partial charge in [-0.05, 0) is 50.7 Å². The molecule has 1 nitrogen and oxygen atoms in total. The molecule has 4 heteroatoms. The Morgan fingerprint density at radius 2 is 2.23 bits per heavy atom. The molecular weight excluding hydrogens is 363 g/mol. The van der Waals surface area contributed by atoms with Gasteiger partial charge in [-0.3, -0.25) is 4.79 Å². The molecule has 2 rings (SSSR count). The first-order chi connectivity index (χ1) is 6.24. The molecule has 0 spiro atoms. The zero-order valence-electron chi connectivity index (χ0n) is 6.38. The van der Waals surface area contributed by atoms with Crippen LogP contribution in [0.15, 0.2) is 22.0 Å². The normalized spacial score (nSPS) is 10.6. The van der Waals surface area contributed by atoms with Crippen LogP contribution in [0.5, 0.6) is 0 Å².